The average molecular weight is 394 g/mol. The summed E-state index contributed by atoms with van der Waals surface area (Å²) in [5.74, 6) is -0.833. The van der Waals surface area contributed by atoms with Crippen LogP contribution in [0.2, 0.25) is 0 Å². The number of hydrogen-bond donors (Lipinski definition) is 3. The number of nitrogens with one attached hydrogen (secondary N) is 3. The zero-order chi connectivity index (χ0) is 20.0. The number of carbonyl (C=O) groups is 1. The molecule has 9 heteroatoms. The smallest absolute Gasteiger partial charge is 0.243 e. The van der Waals surface area contributed by atoms with Gasteiger partial charge in [0.05, 0.1) is 22.8 Å². The van der Waals surface area contributed by atoms with E-state index in [2.05, 4.69) is 16.0 Å². The minimum absolute atomic E-state index is 0.111. The predicted molar refractivity (Wildman–Crippen MR) is 105 cm³/mol. The number of nitrogens with zero attached hydrogens (tertiary/aromatic N) is 1. The molecule has 1 amide bonds. The molecule has 0 atom stereocenters. The van der Waals surface area contributed by atoms with Crippen LogP contribution in [0.25, 0.3) is 0 Å². The zero-order valence-electron chi connectivity index (χ0n) is 15.4. The van der Waals surface area contributed by atoms with Gasteiger partial charge in [0, 0.05) is 26.3 Å². The summed E-state index contributed by atoms with van der Waals surface area (Å²) in [4.78, 5) is 12.2. The molecule has 0 aliphatic heterocycles. The van der Waals surface area contributed by atoms with Gasteiger partial charge in [0.15, 0.2) is 0 Å². The van der Waals surface area contributed by atoms with Crippen molar-refractivity contribution in [1.29, 1.82) is 0 Å². The molecule has 0 saturated carbocycles. The van der Waals surface area contributed by atoms with Gasteiger partial charge in [0.2, 0.25) is 15.9 Å². The molecule has 2 rings (SSSR count). The van der Waals surface area contributed by atoms with Gasteiger partial charge in [-0.05, 0) is 43.3 Å². The Morgan fingerprint density at radius 1 is 1.07 bits per heavy atom. The van der Waals surface area contributed by atoms with Crippen LogP contribution in [0.5, 0.6) is 0 Å². The normalized spacial score (nSPS) is 11.3. The Balaban J connectivity index is 2.16. The Bertz CT molecular complexity index is 917. The molecule has 3 N–H and O–H groups in total. The van der Waals surface area contributed by atoms with Crippen molar-refractivity contribution in [2.45, 2.75) is 11.8 Å². The average Bonchev–Trinajstić information content (AvgIpc) is 2.60. The SMILES string of the molecule is CCNc1ccc(S(=O)(=O)N(C)C)cc1NCC(=O)Nc1cccc(F)c1. The van der Waals surface area contributed by atoms with E-state index in [1.54, 1.807) is 12.1 Å². The Hall–Kier alpha value is -2.65. The summed E-state index contributed by atoms with van der Waals surface area (Å²) in [5, 5.41) is 8.62. The van der Waals surface area contributed by atoms with Gasteiger partial charge in [-0.15, -0.1) is 0 Å². The topological polar surface area (TPSA) is 90.5 Å². The summed E-state index contributed by atoms with van der Waals surface area (Å²) in [6.07, 6.45) is 0. The fourth-order valence-electron chi connectivity index (χ4n) is 2.33. The number of carbonyl (C=O) groups excluding carboxylic acids is 1. The Morgan fingerprint density at radius 2 is 1.81 bits per heavy atom. The molecule has 7 nitrogen and oxygen atoms in total. The summed E-state index contributed by atoms with van der Waals surface area (Å²) in [7, 11) is -0.697. The first-order valence-corrected chi connectivity index (χ1v) is 9.77. The molecule has 0 spiro atoms. The summed E-state index contributed by atoms with van der Waals surface area (Å²) < 4.78 is 39.0. The van der Waals surface area contributed by atoms with E-state index in [9.17, 15) is 17.6 Å². The Kier molecular flexibility index (Phi) is 6.75. The molecule has 0 aliphatic carbocycles. The van der Waals surface area contributed by atoms with E-state index in [-0.39, 0.29) is 17.3 Å². The lowest BCUT2D eigenvalue weighted by Crippen LogP contribution is -2.24. The van der Waals surface area contributed by atoms with E-state index in [0.717, 1.165) is 4.31 Å². The Labute approximate surface area is 158 Å². The molecular weight excluding hydrogens is 371 g/mol. The van der Waals surface area contributed by atoms with Gasteiger partial charge in [-0.3, -0.25) is 4.79 Å². The van der Waals surface area contributed by atoms with E-state index in [0.29, 0.717) is 23.6 Å². The number of halogens is 1. The minimum Gasteiger partial charge on any atom is -0.384 e. The molecule has 2 aromatic carbocycles. The van der Waals surface area contributed by atoms with Crippen molar-refractivity contribution in [3.63, 3.8) is 0 Å². The molecule has 0 aromatic heterocycles. The summed E-state index contributed by atoms with van der Waals surface area (Å²) in [6, 6.07) is 10.2. The van der Waals surface area contributed by atoms with Crippen molar-refractivity contribution < 1.29 is 17.6 Å². The van der Waals surface area contributed by atoms with Gasteiger partial charge in [0.25, 0.3) is 0 Å². The highest BCUT2D eigenvalue weighted by molar-refractivity contribution is 7.89. The number of anilines is 3. The number of amides is 1. The van der Waals surface area contributed by atoms with Gasteiger partial charge in [0.1, 0.15) is 5.82 Å². The third-order valence-electron chi connectivity index (χ3n) is 3.68. The van der Waals surface area contributed by atoms with Crippen LogP contribution in [-0.2, 0) is 14.8 Å². The first-order chi connectivity index (χ1) is 12.7. The number of rotatable bonds is 8. The van der Waals surface area contributed by atoms with Crippen molar-refractivity contribution in [2.75, 3.05) is 43.1 Å². The first kappa shape index (κ1) is 20.7. The molecule has 0 aliphatic rings. The molecule has 0 heterocycles. The Morgan fingerprint density at radius 3 is 2.44 bits per heavy atom. The van der Waals surface area contributed by atoms with E-state index in [1.165, 1.54) is 44.4 Å². The lowest BCUT2D eigenvalue weighted by atomic mass is 10.2. The minimum atomic E-state index is -3.60. The molecular formula is C18H23FN4O3S. The highest BCUT2D eigenvalue weighted by Gasteiger charge is 2.19. The van der Waals surface area contributed by atoms with Gasteiger partial charge in [-0.2, -0.15) is 0 Å². The maximum absolute atomic E-state index is 13.2. The predicted octanol–water partition coefficient (Wildman–Crippen LogP) is 2.56. The zero-order valence-corrected chi connectivity index (χ0v) is 16.2. The van der Waals surface area contributed by atoms with E-state index in [4.69, 9.17) is 0 Å². The molecule has 0 radical (unpaired) electrons. The van der Waals surface area contributed by atoms with Gasteiger partial charge in [-0.25, -0.2) is 17.1 Å². The van der Waals surface area contributed by atoms with E-state index < -0.39 is 15.8 Å². The fraction of sp³-hybridized carbons (Fsp3) is 0.278. The van der Waals surface area contributed by atoms with Crippen LogP contribution in [0.3, 0.4) is 0 Å². The van der Waals surface area contributed by atoms with Crippen LogP contribution in [0.4, 0.5) is 21.5 Å². The quantitative estimate of drug-likeness (QED) is 0.640. The highest BCUT2D eigenvalue weighted by atomic mass is 32.2. The van der Waals surface area contributed by atoms with Crippen molar-refractivity contribution in [3.05, 3.63) is 48.3 Å². The molecule has 2 aromatic rings. The lowest BCUT2D eigenvalue weighted by Gasteiger charge is -2.17. The third-order valence-corrected chi connectivity index (χ3v) is 5.50. The fourth-order valence-corrected chi connectivity index (χ4v) is 3.26. The van der Waals surface area contributed by atoms with Crippen LogP contribution in [0.15, 0.2) is 47.4 Å². The number of sulfonamides is 1. The van der Waals surface area contributed by atoms with Crippen molar-refractivity contribution in [3.8, 4) is 0 Å². The maximum atomic E-state index is 13.2. The van der Waals surface area contributed by atoms with Gasteiger partial charge in [-0.1, -0.05) is 6.07 Å². The van der Waals surface area contributed by atoms with Gasteiger partial charge < -0.3 is 16.0 Å². The first-order valence-electron chi connectivity index (χ1n) is 8.33. The van der Waals surface area contributed by atoms with Crippen LogP contribution in [0, 0.1) is 5.82 Å². The van der Waals surface area contributed by atoms with Crippen LogP contribution in [0.1, 0.15) is 6.92 Å². The molecule has 0 saturated heterocycles. The van der Waals surface area contributed by atoms with E-state index in [1.807, 2.05) is 6.92 Å². The third kappa shape index (κ3) is 5.41. The maximum Gasteiger partial charge on any atom is 0.243 e. The second kappa shape index (κ2) is 8.83. The molecule has 0 unspecified atom stereocenters. The summed E-state index contributed by atoms with van der Waals surface area (Å²) in [5.41, 5.74) is 1.50. The lowest BCUT2D eigenvalue weighted by molar-refractivity contribution is -0.114. The van der Waals surface area contributed by atoms with Crippen molar-refractivity contribution in [2.24, 2.45) is 0 Å². The van der Waals surface area contributed by atoms with E-state index >= 15 is 0 Å². The second-order valence-corrected chi connectivity index (χ2v) is 8.09. The molecule has 27 heavy (non-hydrogen) atoms. The van der Waals surface area contributed by atoms with Crippen LogP contribution >= 0.6 is 0 Å². The second-order valence-electron chi connectivity index (χ2n) is 5.94. The molecule has 0 bridgehead atoms. The van der Waals surface area contributed by atoms with Crippen LogP contribution < -0.4 is 16.0 Å². The van der Waals surface area contributed by atoms with Crippen molar-refractivity contribution in [1.82, 2.24) is 4.31 Å². The summed E-state index contributed by atoms with van der Waals surface area (Å²) >= 11 is 0. The highest BCUT2D eigenvalue weighted by Crippen LogP contribution is 2.26. The van der Waals surface area contributed by atoms with Crippen molar-refractivity contribution >= 4 is 33.0 Å². The van der Waals surface area contributed by atoms with Crippen LogP contribution in [-0.4, -0.2) is 45.8 Å². The number of hydrogen-bond acceptors (Lipinski definition) is 5. The molecule has 146 valence electrons. The van der Waals surface area contributed by atoms with Gasteiger partial charge >= 0.3 is 0 Å². The standard InChI is InChI=1S/C18H23FN4O3S/c1-4-20-16-9-8-15(27(25,26)23(2)3)11-17(16)21-12-18(24)22-14-7-5-6-13(19)10-14/h5-11,20-21H,4,12H2,1-3H3,(H,22,24). The largest absolute Gasteiger partial charge is 0.384 e. The number of benzene rings is 2. The monoisotopic (exact) mass is 394 g/mol. The molecule has 0 fully saturated rings. The summed E-state index contributed by atoms with van der Waals surface area (Å²) in [6.45, 7) is 2.43.